The zero-order valence-corrected chi connectivity index (χ0v) is 14.3. The Labute approximate surface area is 146 Å². The lowest BCUT2D eigenvalue weighted by atomic mass is 9.93. The number of allylic oxidation sites excluding steroid dienone is 1. The maximum Gasteiger partial charge on any atom is 0.326 e. The molecule has 25 heavy (non-hydrogen) atoms. The molecule has 6 heteroatoms. The summed E-state index contributed by atoms with van der Waals surface area (Å²) in [6.45, 7) is 3.23. The third-order valence-electron chi connectivity index (χ3n) is 4.09. The largest absolute Gasteiger partial charge is 0.480 e. The number of fused-ring (bicyclic) bond motifs is 1. The van der Waals surface area contributed by atoms with Crippen molar-refractivity contribution in [1.29, 1.82) is 0 Å². The molecule has 0 aromatic heterocycles. The lowest BCUT2D eigenvalue weighted by Gasteiger charge is -2.32. The second-order valence-corrected chi connectivity index (χ2v) is 5.85. The van der Waals surface area contributed by atoms with Gasteiger partial charge in [0.1, 0.15) is 6.04 Å². The molecule has 0 bridgehead atoms. The Hall–Kier alpha value is -2.89. The molecule has 2 unspecified atom stereocenters. The molecule has 2 rings (SSSR count). The van der Waals surface area contributed by atoms with Crippen molar-refractivity contribution in [3.63, 3.8) is 0 Å². The van der Waals surface area contributed by atoms with E-state index in [1.807, 2.05) is 30.3 Å². The van der Waals surface area contributed by atoms with Gasteiger partial charge in [-0.3, -0.25) is 9.59 Å². The van der Waals surface area contributed by atoms with Crippen molar-refractivity contribution in [1.82, 2.24) is 10.2 Å². The SMILES string of the molecule is C/C=C/CC(NC(=O)CC1c2ccccc2C=CN1C(C)=O)C(=O)O. The van der Waals surface area contributed by atoms with Crippen LogP contribution < -0.4 is 5.32 Å². The lowest BCUT2D eigenvalue weighted by molar-refractivity contribution is -0.142. The van der Waals surface area contributed by atoms with Gasteiger partial charge in [-0.1, -0.05) is 36.4 Å². The summed E-state index contributed by atoms with van der Waals surface area (Å²) in [6, 6.07) is 6.11. The zero-order chi connectivity index (χ0) is 18.4. The smallest absolute Gasteiger partial charge is 0.326 e. The van der Waals surface area contributed by atoms with E-state index < -0.39 is 24.0 Å². The molecule has 2 atom stereocenters. The van der Waals surface area contributed by atoms with Crippen LogP contribution in [0.1, 0.15) is 43.9 Å². The summed E-state index contributed by atoms with van der Waals surface area (Å²) in [6.07, 6.45) is 7.14. The van der Waals surface area contributed by atoms with Crippen molar-refractivity contribution >= 4 is 23.9 Å². The van der Waals surface area contributed by atoms with Gasteiger partial charge in [0, 0.05) is 13.1 Å². The summed E-state index contributed by atoms with van der Waals surface area (Å²) in [5.74, 6) is -1.66. The highest BCUT2D eigenvalue weighted by atomic mass is 16.4. The normalized spacial score (nSPS) is 17.2. The van der Waals surface area contributed by atoms with Gasteiger partial charge in [0.15, 0.2) is 0 Å². The van der Waals surface area contributed by atoms with Gasteiger partial charge in [0.25, 0.3) is 0 Å². The Bertz CT molecular complexity index is 724. The quantitative estimate of drug-likeness (QED) is 0.778. The third-order valence-corrected chi connectivity index (χ3v) is 4.09. The first kappa shape index (κ1) is 18.4. The maximum atomic E-state index is 12.4. The number of nitrogens with zero attached hydrogens (tertiary/aromatic N) is 1. The Kier molecular flexibility index (Phi) is 6.11. The van der Waals surface area contributed by atoms with E-state index in [1.54, 1.807) is 25.3 Å². The van der Waals surface area contributed by atoms with Crippen molar-refractivity contribution in [2.75, 3.05) is 0 Å². The summed E-state index contributed by atoms with van der Waals surface area (Å²) >= 11 is 0. The molecule has 0 saturated heterocycles. The fourth-order valence-electron chi connectivity index (χ4n) is 2.84. The Balaban J connectivity index is 2.17. The number of carbonyl (C=O) groups excluding carboxylic acids is 2. The van der Waals surface area contributed by atoms with Crippen molar-refractivity contribution < 1.29 is 19.5 Å². The first-order valence-electron chi connectivity index (χ1n) is 8.13. The van der Waals surface area contributed by atoms with Crippen molar-refractivity contribution in [3.05, 3.63) is 53.7 Å². The monoisotopic (exact) mass is 342 g/mol. The molecule has 1 aliphatic heterocycles. The summed E-state index contributed by atoms with van der Waals surface area (Å²) in [5, 5.41) is 11.8. The number of carboxylic acid groups (broad SMARTS) is 1. The number of carbonyl (C=O) groups is 3. The van der Waals surface area contributed by atoms with E-state index >= 15 is 0 Å². The molecule has 1 aliphatic rings. The van der Waals surface area contributed by atoms with Crippen LogP contribution in [0.4, 0.5) is 0 Å². The summed E-state index contributed by atoms with van der Waals surface area (Å²) < 4.78 is 0. The molecular weight excluding hydrogens is 320 g/mol. The Morgan fingerprint density at radius 1 is 1.32 bits per heavy atom. The van der Waals surface area contributed by atoms with Crippen molar-refractivity contribution in [2.24, 2.45) is 0 Å². The molecule has 2 N–H and O–H groups in total. The van der Waals surface area contributed by atoms with Crippen LogP contribution >= 0.6 is 0 Å². The van der Waals surface area contributed by atoms with Gasteiger partial charge in [-0.25, -0.2) is 4.79 Å². The molecule has 0 fully saturated rings. The van der Waals surface area contributed by atoms with Crippen LogP contribution in [0.3, 0.4) is 0 Å². The van der Waals surface area contributed by atoms with Gasteiger partial charge in [-0.15, -0.1) is 0 Å². The van der Waals surface area contributed by atoms with Crippen LogP contribution in [-0.4, -0.2) is 33.8 Å². The van der Waals surface area contributed by atoms with Gasteiger partial charge in [0.05, 0.1) is 12.5 Å². The van der Waals surface area contributed by atoms with E-state index in [9.17, 15) is 19.5 Å². The number of benzene rings is 1. The average molecular weight is 342 g/mol. The standard InChI is InChI=1S/C19H22N2O4/c1-3-4-9-16(19(24)25)20-18(23)12-17-15-8-6-5-7-14(15)10-11-21(17)13(2)22/h3-8,10-11,16-17H,9,12H2,1-2H3,(H,20,23)(H,24,25)/b4-3+. The maximum absolute atomic E-state index is 12.4. The number of hydrogen-bond acceptors (Lipinski definition) is 3. The second-order valence-electron chi connectivity index (χ2n) is 5.85. The second kappa shape index (κ2) is 8.28. The number of aliphatic carboxylic acids is 1. The van der Waals surface area contributed by atoms with Gasteiger partial charge in [0.2, 0.25) is 11.8 Å². The number of nitrogens with one attached hydrogen (secondary N) is 1. The van der Waals surface area contributed by atoms with Crippen LogP contribution in [0.25, 0.3) is 6.08 Å². The van der Waals surface area contributed by atoms with Crippen LogP contribution in [-0.2, 0) is 14.4 Å². The fourth-order valence-corrected chi connectivity index (χ4v) is 2.84. The molecule has 0 spiro atoms. The van der Waals surface area contributed by atoms with E-state index in [0.29, 0.717) is 0 Å². The summed E-state index contributed by atoms with van der Waals surface area (Å²) in [4.78, 5) is 37.1. The summed E-state index contributed by atoms with van der Waals surface area (Å²) in [5.41, 5.74) is 1.82. The van der Waals surface area contributed by atoms with Crippen LogP contribution in [0.15, 0.2) is 42.6 Å². The average Bonchev–Trinajstić information content (AvgIpc) is 2.58. The molecule has 1 aromatic rings. The minimum atomic E-state index is -1.08. The zero-order valence-electron chi connectivity index (χ0n) is 14.3. The van der Waals surface area contributed by atoms with E-state index in [1.165, 1.54) is 11.8 Å². The number of amides is 2. The molecule has 0 saturated carbocycles. The van der Waals surface area contributed by atoms with Crippen molar-refractivity contribution in [2.45, 2.75) is 38.8 Å². The predicted octanol–water partition coefficient (Wildman–Crippen LogP) is 2.49. The molecule has 1 aromatic carbocycles. The highest BCUT2D eigenvalue weighted by Gasteiger charge is 2.29. The third kappa shape index (κ3) is 4.56. The van der Waals surface area contributed by atoms with E-state index in [0.717, 1.165) is 11.1 Å². The van der Waals surface area contributed by atoms with Gasteiger partial charge < -0.3 is 15.3 Å². The van der Waals surface area contributed by atoms with Crippen LogP contribution in [0.2, 0.25) is 0 Å². The van der Waals surface area contributed by atoms with Gasteiger partial charge >= 0.3 is 5.97 Å². The number of carboxylic acids is 1. The van der Waals surface area contributed by atoms with E-state index in [-0.39, 0.29) is 18.7 Å². The van der Waals surface area contributed by atoms with Crippen LogP contribution in [0.5, 0.6) is 0 Å². The van der Waals surface area contributed by atoms with Gasteiger partial charge in [-0.05, 0) is 30.5 Å². The molecular formula is C19H22N2O4. The molecule has 0 radical (unpaired) electrons. The summed E-state index contributed by atoms with van der Waals surface area (Å²) in [7, 11) is 0. The minimum Gasteiger partial charge on any atom is -0.480 e. The molecule has 132 valence electrons. The molecule has 0 aliphatic carbocycles. The fraction of sp³-hybridized carbons (Fsp3) is 0.316. The molecule has 6 nitrogen and oxygen atoms in total. The first-order valence-corrected chi connectivity index (χ1v) is 8.13. The predicted molar refractivity (Wildman–Crippen MR) is 94.4 cm³/mol. The van der Waals surface area contributed by atoms with E-state index in [4.69, 9.17) is 0 Å². The van der Waals surface area contributed by atoms with Crippen molar-refractivity contribution in [3.8, 4) is 0 Å². The topological polar surface area (TPSA) is 86.7 Å². The number of rotatable bonds is 6. The first-order chi connectivity index (χ1) is 11.9. The van der Waals surface area contributed by atoms with E-state index in [2.05, 4.69) is 5.32 Å². The van der Waals surface area contributed by atoms with Crippen LogP contribution in [0, 0.1) is 0 Å². The lowest BCUT2D eigenvalue weighted by Crippen LogP contribution is -2.42. The van der Waals surface area contributed by atoms with Gasteiger partial charge in [-0.2, -0.15) is 0 Å². The highest BCUT2D eigenvalue weighted by Crippen LogP contribution is 2.32. The molecule has 2 amide bonds. The Morgan fingerprint density at radius 2 is 2.04 bits per heavy atom. The molecule has 1 heterocycles. The number of hydrogen-bond donors (Lipinski definition) is 2. The highest BCUT2D eigenvalue weighted by molar-refractivity contribution is 5.85. The Morgan fingerprint density at radius 3 is 2.68 bits per heavy atom. The minimum absolute atomic E-state index is 0.000548.